The van der Waals surface area contributed by atoms with Gasteiger partial charge < -0.3 is 4.74 Å². The molecule has 2 aromatic heterocycles. The summed E-state index contributed by atoms with van der Waals surface area (Å²) in [6.07, 6.45) is 8.25. The van der Waals surface area contributed by atoms with Gasteiger partial charge in [-0.2, -0.15) is 10.2 Å². The molecule has 0 saturated carbocycles. The van der Waals surface area contributed by atoms with Gasteiger partial charge in [0.05, 0.1) is 18.5 Å². The van der Waals surface area contributed by atoms with Crippen molar-refractivity contribution in [3.63, 3.8) is 0 Å². The lowest BCUT2D eigenvalue weighted by Crippen LogP contribution is -2.18. The minimum Gasteiger partial charge on any atom is -0.494 e. The number of rotatable bonds is 9. The summed E-state index contributed by atoms with van der Waals surface area (Å²) in [6, 6.07) is 13.0. The van der Waals surface area contributed by atoms with Crippen LogP contribution in [0.2, 0.25) is 0 Å². The second-order valence-corrected chi connectivity index (χ2v) is 6.23. The quantitative estimate of drug-likeness (QED) is 0.337. The predicted molar refractivity (Wildman–Crippen MR) is 108 cm³/mol. The first-order chi connectivity index (χ1) is 13.8. The third kappa shape index (κ3) is 5.51. The summed E-state index contributed by atoms with van der Waals surface area (Å²) in [7, 11) is 0. The number of hydrogen-bond acceptors (Lipinski definition) is 5. The van der Waals surface area contributed by atoms with Gasteiger partial charge in [-0.05, 0) is 42.8 Å². The molecular formula is C21H23N5O2. The first-order valence-electron chi connectivity index (χ1n) is 9.28. The van der Waals surface area contributed by atoms with E-state index in [1.807, 2.05) is 30.3 Å². The predicted octanol–water partition coefficient (Wildman–Crippen LogP) is 3.80. The van der Waals surface area contributed by atoms with E-state index in [9.17, 15) is 4.79 Å². The minimum atomic E-state index is -0.366. The molecule has 0 unspecified atom stereocenters. The fourth-order valence-corrected chi connectivity index (χ4v) is 2.53. The summed E-state index contributed by atoms with van der Waals surface area (Å²) in [5, 5.41) is 10.9. The summed E-state index contributed by atoms with van der Waals surface area (Å²) in [4.78, 5) is 16.2. The molecule has 0 atom stereocenters. The van der Waals surface area contributed by atoms with Crippen LogP contribution in [0.4, 0.5) is 0 Å². The largest absolute Gasteiger partial charge is 0.494 e. The Morgan fingerprint density at radius 2 is 2.11 bits per heavy atom. The van der Waals surface area contributed by atoms with Crippen LogP contribution >= 0.6 is 0 Å². The van der Waals surface area contributed by atoms with Gasteiger partial charge in [0.1, 0.15) is 11.4 Å². The zero-order valence-corrected chi connectivity index (χ0v) is 15.8. The minimum absolute atomic E-state index is 0.332. The molecule has 2 N–H and O–H groups in total. The van der Waals surface area contributed by atoms with Crippen LogP contribution < -0.4 is 10.2 Å². The second-order valence-electron chi connectivity index (χ2n) is 6.23. The standard InChI is InChI=1S/C21H23N5O2/c1-2-3-4-12-28-18-9-7-17(8-10-18)19-13-20(25-24-19)21(27)26-23-15-16-6-5-11-22-14-16/h5-11,13-15H,2-4,12H2,1H3,(H,24,25)(H,26,27). The van der Waals surface area contributed by atoms with E-state index in [1.165, 1.54) is 19.1 Å². The lowest BCUT2D eigenvalue weighted by atomic mass is 10.1. The Hall–Kier alpha value is -3.48. The third-order valence-corrected chi connectivity index (χ3v) is 4.05. The van der Waals surface area contributed by atoms with Crippen LogP contribution in [-0.4, -0.2) is 33.9 Å². The fraction of sp³-hybridized carbons (Fsp3) is 0.238. The Morgan fingerprint density at radius 1 is 1.25 bits per heavy atom. The Labute approximate surface area is 163 Å². The number of pyridine rings is 1. The Morgan fingerprint density at radius 3 is 2.86 bits per heavy atom. The van der Waals surface area contributed by atoms with E-state index in [4.69, 9.17) is 4.74 Å². The number of carbonyl (C=O) groups is 1. The molecule has 1 aromatic carbocycles. The summed E-state index contributed by atoms with van der Waals surface area (Å²) in [5.41, 5.74) is 5.17. The SMILES string of the molecule is CCCCCOc1ccc(-c2cc(C(=O)NN=Cc3cccnc3)[nH]n2)cc1. The van der Waals surface area contributed by atoms with Crippen LogP contribution in [0.15, 0.2) is 60.0 Å². The van der Waals surface area contributed by atoms with Crippen LogP contribution in [0.3, 0.4) is 0 Å². The van der Waals surface area contributed by atoms with Crippen LogP contribution in [0.25, 0.3) is 11.3 Å². The molecule has 144 valence electrons. The maximum atomic E-state index is 12.2. The highest BCUT2D eigenvalue weighted by molar-refractivity contribution is 5.94. The zero-order valence-electron chi connectivity index (χ0n) is 15.8. The molecule has 3 aromatic rings. The molecule has 0 aliphatic heterocycles. The van der Waals surface area contributed by atoms with Gasteiger partial charge >= 0.3 is 0 Å². The Bertz CT molecular complexity index is 904. The fourth-order valence-electron chi connectivity index (χ4n) is 2.53. The van der Waals surface area contributed by atoms with E-state index < -0.39 is 0 Å². The first-order valence-corrected chi connectivity index (χ1v) is 9.28. The number of H-pyrrole nitrogens is 1. The van der Waals surface area contributed by atoms with Crippen molar-refractivity contribution >= 4 is 12.1 Å². The average Bonchev–Trinajstić information content (AvgIpc) is 3.23. The number of nitrogens with zero attached hydrogens (tertiary/aromatic N) is 3. The number of hydrazone groups is 1. The summed E-state index contributed by atoms with van der Waals surface area (Å²) < 4.78 is 5.71. The molecule has 0 aliphatic carbocycles. The van der Waals surface area contributed by atoms with E-state index >= 15 is 0 Å². The van der Waals surface area contributed by atoms with Gasteiger partial charge in [-0.1, -0.05) is 25.8 Å². The van der Waals surface area contributed by atoms with E-state index in [0.29, 0.717) is 11.4 Å². The van der Waals surface area contributed by atoms with Crippen LogP contribution in [0.5, 0.6) is 5.75 Å². The van der Waals surface area contributed by atoms with Crippen LogP contribution in [0.1, 0.15) is 42.2 Å². The van der Waals surface area contributed by atoms with Crippen molar-refractivity contribution in [2.75, 3.05) is 6.61 Å². The molecule has 0 bridgehead atoms. The van der Waals surface area contributed by atoms with Gasteiger partial charge in [-0.25, -0.2) is 5.43 Å². The zero-order chi connectivity index (χ0) is 19.6. The molecule has 0 fully saturated rings. The van der Waals surface area contributed by atoms with Gasteiger partial charge in [0, 0.05) is 23.5 Å². The number of carbonyl (C=O) groups excluding carboxylic acids is 1. The number of unbranched alkanes of at least 4 members (excludes halogenated alkanes) is 2. The van der Waals surface area contributed by atoms with Crippen molar-refractivity contribution in [1.29, 1.82) is 0 Å². The number of nitrogens with one attached hydrogen (secondary N) is 2. The lowest BCUT2D eigenvalue weighted by molar-refractivity contribution is 0.0950. The van der Waals surface area contributed by atoms with Gasteiger partial charge in [-0.15, -0.1) is 0 Å². The maximum Gasteiger partial charge on any atom is 0.289 e. The molecule has 7 heteroatoms. The summed E-state index contributed by atoms with van der Waals surface area (Å²) in [5.74, 6) is 0.466. The van der Waals surface area contributed by atoms with Crippen molar-refractivity contribution in [2.45, 2.75) is 26.2 Å². The molecule has 0 radical (unpaired) electrons. The topological polar surface area (TPSA) is 92.3 Å². The number of benzene rings is 1. The van der Waals surface area contributed by atoms with E-state index in [-0.39, 0.29) is 5.91 Å². The third-order valence-electron chi connectivity index (χ3n) is 4.05. The van der Waals surface area contributed by atoms with Crippen molar-refractivity contribution in [1.82, 2.24) is 20.6 Å². The molecule has 2 heterocycles. The van der Waals surface area contributed by atoms with Crippen molar-refractivity contribution in [3.05, 3.63) is 66.1 Å². The van der Waals surface area contributed by atoms with E-state index in [1.54, 1.807) is 24.5 Å². The average molecular weight is 377 g/mol. The first kappa shape index (κ1) is 19.3. The maximum absolute atomic E-state index is 12.2. The molecule has 0 spiro atoms. The van der Waals surface area contributed by atoms with Crippen molar-refractivity contribution in [2.24, 2.45) is 5.10 Å². The molecule has 0 saturated heterocycles. The molecule has 28 heavy (non-hydrogen) atoms. The highest BCUT2D eigenvalue weighted by Crippen LogP contribution is 2.21. The number of aromatic amines is 1. The lowest BCUT2D eigenvalue weighted by Gasteiger charge is -2.06. The molecular weight excluding hydrogens is 354 g/mol. The highest BCUT2D eigenvalue weighted by Gasteiger charge is 2.10. The molecule has 0 aliphatic rings. The van der Waals surface area contributed by atoms with Crippen molar-refractivity contribution < 1.29 is 9.53 Å². The Balaban J connectivity index is 1.55. The van der Waals surface area contributed by atoms with Gasteiger partial charge in [0.2, 0.25) is 0 Å². The summed E-state index contributed by atoms with van der Waals surface area (Å²) in [6.45, 7) is 2.89. The normalized spacial score (nSPS) is 10.9. The number of amides is 1. The van der Waals surface area contributed by atoms with E-state index in [2.05, 4.69) is 32.6 Å². The van der Waals surface area contributed by atoms with Crippen molar-refractivity contribution in [3.8, 4) is 17.0 Å². The summed E-state index contributed by atoms with van der Waals surface area (Å²) >= 11 is 0. The van der Waals surface area contributed by atoms with Crippen LogP contribution in [-0.2, 0) is 0 Å². The highest BCUT2D eigenvalue weighted by atomic mass is 16.5. The van der Waals surface area contributed by atoms with Gasteiger partial charge in [-0.3, -0.25) is 14.9 Å². The molecule has 3 rings (SSSR count). The van der Waals surface area contributed by atoms with E-state index in [0.717, 1.165) is 29.9 Å². The van der Waals surface area contributed by atoms with Gasteiger partial charge in [0.15, 0.2) is 0 Å². The second kappa shape index (κ2) is 10.0. The number of aromatic nitrogens is 3. The molecule has 1 amide bonds. The number of hydrogen-bond donors (Lipinski definition) is 2. The molecule has 7 nitrogen and oxygen atoms in total. The van der Waals surface area contributed by atoms with Gasteiger partial charge in [0.25, 0.3) is 5.91 Å². The van der Waals surface area contributed by atoms with Crippen LogP contribution in [0, 0.1) is 0 Å². The monoisotopic (exact) mass is 377 g/mol. The number of ether oxygens (including phenoxy) is 1. The smallest absolute Gasteiger partial charge is 0.289 e. The Kier molecular flexibility index (Phi) is 6.89.